The lowest BCUT2D eigenvalue weighted by Gasteiger charge is -2.36. The highest BCUT2D eigenvalue weighted by molar-refractivity contribution is 7.92. The molecule has 0 aromatic heterocycles. The van der Waals surface area contributed by atoms with Gasteiger partial charge in [0, 0.05) is 25.1 Å². The number of carbonyl (C=O) groups excluding carboxylic acids is 1. The molecule has 0 N–H and O–H groups in total. The standard InChI is InChI=1S/C30H30ClFN2O4S/c1-20-6-3-7-24(16-20)39(36,37)34-19-23(11-13-29(35)33-14-5-15-33)38-28-12-10-22(18-27(28)34)17-21(2)30-25(31)8-4-9-26(30)32/h3-4,6-10,12,16-18,23H,5,11,13-15,19H2,1-2H3/b21-17+/t23-/m0/s1. The topological polar surface area (TPSA) is 66.9 Å². The number of hydrogen-bond acceptors (Lipinski definition) is 4. The van der Waals surface area contributed by atoms with E-state index in [0.717, 1.165) is 25.1 Å². The number of anilines is 1. The van der Waals surface area contributed by atoms with Crippen LogP contribution in [0.15, 0.2) is 65.6 Å². The van der Waals surface area contributed by atoms with Gasteiger partial charge in [0.15, 0.2) is 0 Å². The maximum atomic E-state index is 14.5. The van der Waals surface area contributed by atoms with Crippen molar-refractivity contribution in [2.24, 2.45) is 0 Å². The predicted octanol–water partition coefficient (Wildman–Crippen LogP) is 6.32. The van der Waals surface area contributed by atoms with E-state index in [1.54, 1.807) is 66.4 Å². The summed E-state index contributed by atoms with van der Waals surface area (Å²) < 4.78 is 49.9. The molecule has 2 aliphatic rings. The van der Waals surface area contributed by atoms with Crippen molar-refractivity contribution in [3.05, 3.63) is 88.2 Å². The van der Waals surface area contributed by atoms with E-state index in [-0.39, 0.29) is 17.3 Å². The fourth-order valence-corrected chi connectivity index (χ4v) is 6.82. The smallest absolute Gasteiger partial charge is 0.264 e. The van der Waals surface area contributed by atoms with Gasteiger partial charge in [-0.3, -0.25) is 9.10 Å². The van der Waals surface area contributed by atoms with E-state index >= 15 is 0 Å². The highest BCUT2D eigenvalue weighted by Gasteiger charge is 2.35. The maximum Gasteiger partial charge on any atom is 0.264 e. The number of fused-ring (bicyclic) bond motifs is 1. The first-order valence-electron chi connectivity index (χ1n) is 12.9. The Kier molecular flexibility index (Phi) is 7.69. The molecule has 6 nitrogen and oxygen atoms in total. The Morgan fingerprint density at radius 1 is 1.13 bits per heavy atom. The van der Waals surface area contributed by atoms with Gasteiger partial charge in [-0.1, -0.05) is 41.9 Å². The molecule has 5 rings (SSSR count). The molecule has 2 heterocycles. The van der Waals surface area contributed by atoms with Crippen LogP contribution in [-0.4, -0.2) is 45.0 Å². The second-order valence-electron chi connectivity index (χ2n) is 10.0. The van der Waals surface area contributed by atoms with Crippen molar-refractivity contribution in [3.8, 4) is 5.75 Å². The van der Waals surface area contributed by atoms with Gasteiger partial charge in [-0.05, 0) is 79.8 Å². The second-order valence-corrected chi connectivity index (χ2v) is 12.3. The summed E-state index contributed by atoms with van der Waals surface area (Å²) in [6, 6.07) is 16.5. The molecule has 204 valence electrons. The Balaban J connectivity index is 1.50. The average molecular weight is 569 g/mol. The molecule has 0 aliphatic carbocycles. The zero-order valence-electron chi connectivity index (χ0n) is 21.9. The van der Waals surface area contributed by atoms with Crippen molar-refractivity contribution in [1.82, 2.24) is 4.90 Å². The fraction of sp³-hybridized carbons (Fsp3) is 0.300. The summed E-state index contributed by atoms with van der Waals surface area (Å²) in [5, 5.41) is 0.296. The maximum absolute atomic E-state index is 14.5. The Labute approximate surface area is 233 Å². The number of allylic oxidation sites excluding steroid dienone is 1. The van der Waals surface area contributed by atoms with E-state index < -0.39 is 21.9 Å². The molecule has 1 amide bonds. The number of sulfonamides is 1. The van der Waals surface area contributed by atoms with Gasteiger partial charge in [-0.25, -0.2) is 12.8 Å². The van der Waals surface area contributed by atoms with Crippen molar-refractivity contribution < 1.29 is 22.3 Å². The van der Waals surface area contributed by atoms with E-state index in [2.05, 4.69) is 0 Å². The fourth-order valence-electron chi connectivity index (χ4n) is 4.90. The van der Waals surface area contributed by atoms with Crippen LogP contribution in [0.4, 0.5) is 10.1 Å². The minimum atomic E-state index is -3.93. The summed E-state index contributed by atoms with van der Waals surface area (Å²) >= 11 is 6.25. The number of carbonyl (C=O) groups is 1. The lowest BCUT2D eigenvalue weighted by atomic mass is 10.0. The third kappa shape index (κ3) is 5.68. The third-order valence-corrected chi connectivity index (χ3v) is 9.21. The predicted molar refractivity (Wildman–Crippen MR) is 152 cm³/mol. The van der Waals surface area contributed by atoms with Crippen LogP contribution in [0.3, 0.4) is 0 Å². The summed E-state index contributed by atoms with van der Waals surface area (Å²) in [6.45, 7) is 5.22. The van der Waals surface area contributed by atoms with Crippen molar-refractivity contribution in [2.75, 3.05) is 23.9 Å². The van der Waals surface area contributed by atoms with Crippen LogP contribution in [0.1, 0.15) is 42.9 Å². The molecule has 3 aromatic rings. The van der Waals surface area contributed by atoms with Crippen LogP contribution >= 0.6 is 11.6 Å². The van der Waals surface area contributed by atoms with Crippen molar-refractivity contribution in [3.63, 3.8) is 0 Å². The van der Waals surface area contributed by atoms with Crippen molar-refractivity contribution in [1.29, 1.82) is 0 Å². The van der Waals surface area contributed by atoms with Gasteiger partial charge in [0.25, 0.3) is 10.0 Å². The molecule has 0 unspecified atom stereocenters. The number of rotatable bonds is 7. The number of nitrogens with zero attached hydrogens (tertiary/aromatic N) is 2. The van der Waals surface area contributed by atoms with E-state index in [9.17, 15) is 17.6 Å². The molecule has 0 bridgehead atoms. The number of ether oxygens (including phenoxy) is 1. The number of hydrogen-bond donors (Lipinski definition) is 0. The molecular weight excluding hydrogens is 539 g/mol. The molecule has 0 spiro atoms. The second kappa shape index (κ2) is 11.0. The highest BCUT2D eigenvalue weighted by Crippen LogP contribution is 2.40. The zero-order chi connectivity index (χ0) is 27.7. The number of aryl methyl sites for hydroxylation is 1. The highest BCUT2D eigenvalue weighted by atomic mass is 35.5. The molecule has 9 heteroatoms. The quantitative estimate of drug-likeness (QED) is 0.313. The first-order valence-corrected chi connectivity index (χ1v) is 14.8. The lowest BCUT2D eigenvalue weighted by Crippen LogP contribution is -2.45. The molecule has 0 saturated carbocycles. The number of benzene rings is 3. The number of amides is 1. The molecule has 3 aromatic carbocycles. The van der Waals surface area contributed by atoms with Crippen LogP contribution < -0.4 is 9.04 Å². The molecular formula is C30H30ClFN2O4S. The zero-order valence-corrected chi connectivity index (χ0v) is 23.4. The monoisotopic (exact) mass is 568 g/mol. The SMILES string of the molecule is C/C(=C\c1ccc2c(c1)N(S(=O)(=O)c1cccc(C)c1)C[C@H](CCC(=O)N1CCC1)O2)c1c(F)cccc1Cl. The summed E-state index contributed by atoms with van der Waals surface area (Å²) in [7, 11) is -3.93. The van der Waals surface area contributed by atoms with E-state index in [1.807, 2.05) is 13.0 Å². The molecule has 1 fully saturated rings. The average Bonchev–Trinajstić information content (AvgIpc) is 2.86. The van der Waals surface area contributed by atoms with Gasteiger partial charge in [0.05, 0.1) is 22.2 Å². The van der Waals surface area contributed by atoms with Gasteiger partial charge in [-0.2, -0.15) is 0 Å². The summed E-state index contributed by atoms with van der Waals surface area (Å²) in [4.78, 5) is 14.4. The minimum absolute atomic E-state index is 0.0616. The van der Waals surface area contributed by atoms with Crippen LogP contribution in [-0.2, 0) is 14.8 Å². The van der Waals surface area contributed by atoms with Crippen LogP contribution in [0.2, 0.25) is 5.02 Å². The Hall–Kier alpha value is -3.36. The molecule has 0 radical (unpaired) electrons. The van der Waals surface area contributed by atoms with E-state index in [1.165, 1.54) is 10.4 Å². The van der Waals surface area contributed by atoms with E-state index in [4.69, 9.17) is 16.3 Å². The molecule has 2 aliphatic heterocycles. The largest absolute Gasteiger partial charge is 0.486 e. The number of likely N-dealkylation sites (tertiary alicyclic amines) is 1. The van der Waals surface area contributed by atoms with Crippen LogP contribution in [0.5, 0.6) is 5.75 Å². The third-order valence-electron chi connectivity index (χ3n) is 7.12. The van der Waals surface area contributed by atoms with Gasteiger partial charge in [0.2, 0.25) is 5.91 Å². The normalized spacial score (nSPS) is 17.3. The van der Waals surface area contributed by atoms with Crippen molar-refractivity contribution in [2.45, 2.75) is 44.1 Å². The molecule has 1 atom stereocenters. The molecule has 1 saturated heterocycles. The Bertz CT molecular complexity index is 1530. The minimum Gasteiger partial charge on any atom is -0.486 e. The van der Waals surface area contributed by atoms with Crippen LogP contribution in [0, 0.1) is 12.7 Å². The summed E-state index contributed by atoms with van der Waals surface area (Å²) in [6.07, 6.45) is 2.99. The van der Waals surface area contributed by atoms with Gasteiger partial charge >= 0.3 is 0 Å². The van der Waals surface area contributed by atoms with Crippen LogP contribution in [0.25, 0.3) is 11.6 Å². The van der Waals surface area contributed by atoms with Gasteiger partial charge < -0.3 is 9.64 Å². The Morgan fingerprint density at radius 2 is 1.90 bits per heavy atom. The Morgan fingerprint density at radius 3 is 2.59 bits per heavy atom. The summed E-state index contributed by atoms with van der Waals surface area (Å²) in [5.41, 5.74) is 2.79. The molecule has 39 heavy (non-hydrogen) atoms. The van der Waals surface area contributed by atoms with Gasteiger partial charge in [-0.15, -0.1) is 0 Å². The first-order chi connectivity index (χ1) is 18.6. The lowest BCUT2D eigenvalue weighted by molar-refractivity contribution is -0.135. The van der Waals surface area contributed by atoms with Crippen molar-refractivity contribution >= 4 is 44.9 Å². The van der Waals surface area contributed by atoms with E-state index in [0.29, 0.717) is 46.0 Å². The number of halogens is 2. The van der Waals surface area contributed by atoms with Gasteiger partial charge in [0.1, 0.15) is 17.7 Å². The summed E-state index contributed by atoms with van der Waals surface area (Å²) in [5.74, 6) is 0.0425. The first kappa shape index (κ1) is 27.2.